The molecular weight excluding hydrogens is 356 g/mol. The zero-order chi connectivity index (χ0) is 16.6. The summed E-state index contributed by atoms with van der Waals surface area (Å²) in [6.45, 7) is 2.36. The summed E-state index contributed by atoms with van der Waals surface area (Å²) in [7, 11) is 1.68. The minimum atomic E-state index is -3.60. The lowest BCUT2D eigenvalue weighted by molar-refractivity contribution is -0.117. The number of amides is 1. The molecule has 1 fully saturated rings. The SMILES string of the molecule is Cc1ccc(-c2csc(N3CC(CS(=O)(=O)Cl)CC3=O)n2)cc1. The van der Waals surface area contributed by atoms with E-state index >= 15 is 0 Å². The third-order valence-corrected chi connectivity index (χ3v) is 5.82. The second kappa shape index (κ2) is 6.22. The zero-order valence-corrected chi connectivity index (χ0v) is 14.8. The van der Waals surface area contributed by atoms with Gasteiger partial charge in [-0.25, -0.2) is 13.4 Å². The van der Waals surface area contributed by atoms with Gasteiger partial charge in [0.05, 0.1) is 11.4 Å². The first-order valence-corrected chi connectivity index (χ1v) is 10.4. The van der Waals surface area contributed by atoms with E-state index in [1.54, 1.807) is 4.90 Å². The minimum absolute atomic E-state index is 0.111. The summed E-state index contributed by atoms with van der Waals surface area (Å²) >= 11 is 1.38. The van der Waals surface area contributed by atoms with Gasteiger partial charge in [-0.05, 0) is 6.92 Å². The predicted molar refractivity (Wildman–Crippen MR) is 92.4 cm³/mol. The molecule has 122 valence electrons. The molecule has 1 unspecified atom stereocenters. The maximum absolute atomic E-state index is 12.1. The zero-order valence-electron chi connectivity index (χ0n) is 12.4. The van der Waals surface area contributed by atoms with E-state index in [2.05, 4.69) is 4.98 Å². The number of anilines is 1. The molecule has 1 saturated heterocycles. The van der Waals surface area contributed by atoms with Gasteiger partial charge < -0.3 is 0 Å². The summed E-state index contributed by atoms with van der Waals surface area (Å²) in [4.78, 5) is 18.2. The lowest BCUT2D eigenvalue weighted by atomic mass is 10.1. The van der Waals surface area contributed by atoms with Crippen molar-refractivity contribution < 1.29 is 13.2 Å². The summed E-state index contributed by atoms with van der Waals surface area (Å²) < 4.78 is 22.4. The van der Waals surface area contributed by atoms with Crippen molar-refractivity contribution in [3.63, 3.8) is 0 Å². The van der Waals surface area contributed by atoms with Crippen molar-refractivity contribution in [2.45, 2.75) is 13.3 Å². The van der Waals surface area contributed by atoms with E-state index in [1.165, 1.54) is 16.9 Å². The normalized spacial score (nSPS) is 18.6. The van der Waals surface area contributed by atoms with Crippen LogP contribution >= 0.6 is 22.0 Å². The second-order valence-corrected chi connectivity index (χ2v) is 9.32. The molecule has 1 aromatic carbocycles. The number of hydrogen-bond acceptors (Lipinski definition) is 5. The van der Waals surface area contributed by atoms with Gasteiger partial charge in [-0.1, -0.05) is 29.8 Å². The number of carbonyl (C=O) groups is 1. The molecule has 2 aromatic rings. The molecule has 0 radical (unpaired) electrons. The van der Waals surface area contributed by atoms with Crippen LogP contribution in [0.25, 0.3) is 11.3 Å². The average molecular weight is 371 g/mol. The van der Waals surface area contributed by atoms with E-state index in [9.17, 15) is 13.2 Å². The fourth-order valence-electron chi connectivity index (χ4n) is 2.60. The number of halogens is 1. The molecule has 3 rings (SSSR count). The Bertz CT molecular complexity index is 831. The highest BCUT2D eigenvalue weighted by Gasteiger charge is 2.34. The molecule has 5 nitrogen and oxygen atoms in total. The Hall–Kier alpha value is -1.44. The Labute approximate surface area is 143 Å². The van der Waals surface area contributed by atoms with E-state index < -0.39 is 9.05 Å². The molecule has 0 bridgehead atoms. The van der Waals surface area contributed by atoms with Gasteiger partial charge in [0.1, 0.15) is 0 Å². The lowest BCUT2D eigenvalue weighted by Crippen LogP contribution is -2.25. The number of rotatable bonds is 4. The fourth-order valence-corrected chi connectivity index (χ4v) is 4.79. The van der Waals surface area contributed by atoms with E-state index in [0.29, 0.717) is 11.7 Å². The van der Waals surface area contributed by atoms with Crippen LogP contribution in [0.5, 0.6) is 0 Å². The molecule has 8 heteroatoms. The molecule has 1 aromatic heterocycles. The third kappa shape index (κ3) is 3.91. The van der Waals surface area contributed by atoms with Crippen molar-refractivity contribution >= 4 is 42.1 Å². The van der Waals surface area contributed by atoms with Gasteiger partial charge in [-0.2, -0.15) is 0 Å². The average Bonchev–Trinajstić information content (AvgIpc) is 3.04. The smallest absolute Gasteiger partial charge is 0.232 e. The summed E-state index contributed by atoms with van der Waals surface area (Å²) in [6, 6.07) is 8.00. The van der Waals surface area contributed by atoms with Crippen LogP contribution in [-0.2, 0) is 13.8 Å². The molecule has 0 N–H and O–H groups in total. The Morgan fingerprint density at radius 2 is 2.04 bits per heavy atom. The quantitative estimate of drug-likeness (QED) is 0.776. The molecule has 1 aliphatic rings. The summed E-state index contributed by atoms with van der Waals surface area (Å²) in [5.41, 5.74) is 2.97. The molecule has 0 aliphatic carbocycles. The van der Waals surface area contributed by atoms with Crippen molar-refractivity contribution in [3.05, 3.63) is 35.2 Å². The number of benzene rings is 1. The molecule has 1 atom stereocenters. The molecule has 23 heavy (non-hydrogen) atoms. The number of hydrogen-bond donors (Lipinski definition) is 0. The Balaban J connectivity index is 1.78. The van der Waals surface area contributed by atoms with Gasteiger partial charge in [0.2, 0.25) is 15.0 Å². The number of carbonyl (C=O) groups excluding carboxylic acids is 1. The monoisotopic (exact) mass is 370 g/mol. The van der Waals surface area contributed by atoms with E-state index in [1.807, 2.05) is 36.6 Å². The highest BCUT2D eigenvalue weighted by molar-refractivity contribution is 8.13. The molecule has 1 amide bonds. The van der Waals surface area contributed by atoms with Crippen molar-refractivity contribution in [1.82, 2.24) is 4.98 Å². The van der Waals surface area contributed by atoms with Crippen molar-refractivity contribution in [1.29, 1.82) is 0 Å². The summed E-state index contributed by atoms with van der Waals surface area (Å²) in [5.74, 6) is -0.579. The first kappa shape index (κ1) is 16.4. The Kier molecular flexibility index (Phi) is 4.44. The van der Waals surface area contributed by atoms with Crippen LogP contribution in [0.2, 0.25) is 0 Å². The number of nitrogens with zero attached hydrogens (tertiary/aromatic N) is 2. The topological polar surface area (TPSA) is 67.3 Å². The third-order valence-electron chi connectivity index (χ3n) is 3.71. The van der Waals surface area contributed by atoms with Crippen LogP contribution in [0.3, 0.4) is 0 Å². The number of aromatic nitrogens is 1. The van der Waals surface area contributed by atoms with Crippen molar-refractivity contribution in [2.75, 3.05) is 17.2 Å². The Morgan fingerprint density at radius 3 is 2.70 bits per heavy atom. The molecule has 1 aliphatic heterocycles. The standard InChI is InChI=1S/C15H15ClN2O3S2/c1-10-2-4-12(5-3-10)13-8-22-15(17-13)18-7-11(6-14(18)19)9-23(16,20)21/h2-5,8,11H,6-7,9H2,1H3. The largest absolute Gasteiger partial charge is 0.288 e. The van der Waals surface area contributed by atoms with Gasteiger partial charge >= 0.3 is 0 Å². The van der Waals surface area contributed by atoms with Crippen LogP contribution in [0, 0.1) is 12.8 Å². The molecule has 0 spiro atoms. The number of thiazole rings is 1. The maximum Gasteiger partial charge on any atom is 0.232 e. The van der Waals surface area contributed by atoms with Gasteiger partial charge in [0.25, 0.3) is 0 Å². The summed E-state index contributed by atoms with van der Waals surface area (Å²) in [5, 5.41) is 2.50. The first-order chi connectivity index (χ1) is 10.8. The lowest BCUT2D eigenvalue weighted by Gasteiger charge is -2.12. The predicted octanol–water partition coefficient (Wildman–Crippen LogP) is 3.04. The molecule has 0 saturated carbocycles. The van der Waals surface area contributed by atoms with Gasteiger partial charge in [-0.15, -0.1) is 11.3 Å². The van der Waals surface area contributed by atoms with E-state index in [0.717, 1.165) is 11.3 Å². The second-order valence-electron chi connectivity index (χ2n) is 5.66. The Morgan fingerprint density at radius 1 is 1.35 bits per heavy atom. The minimum Gasteiger partial charge on any atom is -0.288 e. The molecular formula is C15H15ClN2O3S2. The molecule has 2 heterocycles. The number of aryl methyl sites for hydroxylation is 1. The van der Waals surface area contributed by atoms with Gasteiger partial charge in [0.15, 0.2) is 5.13 Å². The van der Waals surface area contributed by atoms with Crippen LogP contribution in [0.1, 0.15) is 12.0 Å². The highest BCUT2D eigenvalue weighted by Crippen LogP contribution is 2.32. The highest BCUT2D eigenvalue weighted by atomic mass is 35.7. The maximum atomic E-state index is 12.1. The van der Waals surface area contributed by atoms with Crippen LogP contribution in [0.15, 0.2) is 29.6 Å². The summed E-state index contributed by atoms with van der Waals surface area (Å²) in [6.07, 6.45) is 0.186. The van der Waals surface area contributed by atoms with E-state index in [4.69, 9.17) is 10.7 Å². The van der Waals surface area contributed by atoms with Crippen molar-refractivity contribution in [3.8, 4) is 11.3 Å². The van der Waals surface area contributed by atoms with Crippen molar-refractivity contribution in [2.24, 2.45) is 5.92 Å². The van der Waals surface area contributed by atoms with Crippen LogP contribution in [-0.4, -0.2) is 31.6 Å². The fraction of sp³-hybridized carbons (Fsp3) is 0.333. The van der Waals surface area contributed by atoms with Gasteiger partial charge in [0, 0.05) is 40.5 Å². The first-order valence-electron chi connectivity index (χ1n) is 7.07. The van der Waals surface area contributed by atoms with Crippen LogP contribution in [0.4, 0.5) is 5.13 Å². The van der Waals surface area contributed by atoms with Gasteiger partial charge in [-0.3, -0.25) is 9.69 Å². The van der Waals surface area contributed by atoms with E-state index in [-0.39, 0.29) is 24.0 Å². The van der Waals surface area contributed by atoms with Crippen LogP contribution < -0.4 is 4.90 Å².